The van der Waals surface area contributed by atoms with Crippen molar-refractivity contribution in [2.75, 3.05) is 23.9 Å². The van der Waals surface area contributed by atoms with Gasteiger partial charge in [-0.05, 0) is 67.4 Å². The van der Waals surface area contributed by atoms with Crippen molar-refractivity contribution in [3.63, 3.8) is 0 Å². The Balaban J connectivity index is 1.77. The zero-order valence-corrected chi connectivity index (χ0v) is 18.2. The van der Waals surface area contributed by atoms with Gasteiger partial charge >= 0.3 is 0 Å². The number of carbonyl (C=O) groups is 2. The highest BCUT2D eigenvalue weighted by Crippen LogP contribution is 2.35. The van der Waals surface area contributed by atoms with Gasteiger partial charge in [0.15, 0.2) is 0 Å². The lowest BCUT2D eigenvalue weighted by atomic mass is 10.0. The van der Waals surface area contributed by atoms with Crippen molar-refractivity contribution in [1.82, 2.24) is 0 Å². The number of carbonyl (C=O) groups excluding carboxylic acids is 2. The van der Waals surface area contributed by atoms with E-state index in [4.69, 9.17) is 9.47 Å². The molecular formula is C26H24N2O4. The SMILES string of the molecule is CCOc1ccc(NC2=C(c3ccc(OC)cc3)C(=O)N(c3ccccc3C)C2=O)cc1. The summed E-state index contributed by atoms with van der Waals surface area (Å²) < 4.78 is 10.7. The maximum Gasteiger partial charge on any atom is 0.282 e. The lowest BCUT2D eigenvalue weighted by Gasteiger charge is -2.17. The van der Waals surface area contributed by atoms with Gasteiger partial charge < -0.3 is 14.8 Å². The number of ether oxygens (including phenoxy) is 2. The van der Waals surface area contributed by atoms with E-state index in [0.717, 1.165) is 11.3 Å². The summed E-state index contributed by atoms with van der Waals surface area (Å²) in [6, 6.07) is 21.7. The average molecular weight is 428 g/mol. The molecule has 0 fully saturated rings. The van der Waals surface area contributed by atoms with Crippen LogP contribution in [0, 0.1) is 6.92 Å². The molecule has 1 heterocycles. The van der Waals surface area contributed by atoms with Crippen LogP contribution >= 0.6 is 0 Å². The third-order valence-electron chi connectivity index (χ3n) is 5.25. The number of anilines is 2. The zero-order chi connectivity index (χ0) is 22.7. The van der Waals surface area contributed by atoms with Crippen molar-refractivity contribution in [1.29, 1.82) is 0 Å². The molecule has 6 heteroatoms. The predicted molar refractivity (Wildman–Crippen MR) is 125 cm³/mol. The highest BCUT2D eigenvalue weighted by molar-refractivity contribution is 6.46. The third kappa shape index (κ3) is 3.95. The van der Waals surface area contributed by atoms with Crippen LogP contribution in [0.25, 0.3) is 5.57 Å². The fraction of sp³-hybridized carbons (Fsp3) is 0.154. The van der Waals surface area contributed by atoms with Gasteiger partial charge in [-0.2, -0.15) is 0 Å². The van der Waals surface area contributed by atoms with Crippen molar-refractivity contribution in [2.24, 2.45) is 0 Å². The second-order valence-corrected chi connectivity index (χ2v) is 7.29. The first-order valence-electron chi connectivity index (χ1n) is 10.4. The van der Waals surface area contributed by atoms with Crippen molar-refractivity contribution in [2.45, 2.75) is 13.8 Å². The Kier molecular flexibility index (Phi) is 5.94. The number of nitrogens with one attached hydrogen (secondary N) is 1. The summed E-state index contributed by atoms with van der Waals surface area (Å²) >= 11 is 0. The molecule has 6 nitrogen and oxygen atoms in total. The third-order valence-corrected chi connectivity index (χ3v) is 5.25. The summed E-state index contributed by atoms with van der Waals surface area (Å²) in [5.41, 5.74) is 3.26. The summed E-state index contributed by atoms with van der Waals surface area (Å²) in [7, 11) is 1.58. The maximum absolute atomic E-state index is 13.5. The van der Waals surface area contributed by atoms with Gasteiger partial charge in [-0.15, -0.1) is 0 Å². The summed E-state index contributed by atoms with van der Waals surface area (Å²) in [4.78, 5) is 28.2. The molecule has 0 saturated heterocycles. The number of hydrogen-bond donors (Lipinski definition) is 1. The quantitative estimate of drug-likeness (QED) is 0.548. The Morgan fingerprint density at radius 1 is 0.844 bits per heavy atom. The van der Waals surface area contributed by atoms with Gasteiger partial charge in [-0.1, -0.05) is 30.3 Å². The topological polar surface area (TPSA) is 67.9 Å². The number of nitrogens with zero attached hydrogens (tertiary/aromatic N) is 1. The first kappa shape index (κ1) is 21.2. The molecule has 0 radical (unpaired) electrons. The minimum atomic E-state index is -0.399. The Labute approximate surface area is 187 Å². The summed E-state index contributed by atoms with van der Waals surface area (Å²) in [6.07, 6.45) is 0. The van der Waals surface area contributed by atoms with E-state index < -0.39 is 5.91 Å². The van der Waals surface area contributed by atoms with Crippen molar-refractivity contribution in [3.8, 4) is 11.5 Å². The molecule has 3 aromatic rings. The number of rotatable bonds is 7. The number of aryl methyl sites for hydroxylation is 1. The van der Waals surface area contributed by atoms with E-state index in [-0.39, 0.29) is 11.6 Å². The molecule has 0 aromatic heterocycles. The highest BCUT2D eigenvalue weighted by atomic mass is 16.5. The largest absolute Gasteiger partial charge is 0.497 e. The van der Waals surface area contributed by atoms with Crippen LogP contribution in [0.2, 0.25) is 0 Å². The zero-order valence-electron chi connectivity index (χ0n) is 18.2. The van der Waals surface area contributed by atoms with Gasteiger partial charge in [-0.3, -0.25) is 9.59 Å². The summed E-state index contributed by atoms with van der Waals surface area (Å²) in [5.74, 6) is 0.632. The van der Waals surface area contributed by atoms with Crippen molar-refractivity contribution in [3.05, 3.63) is 89.6 Å². The van der Waals surface area contributed by atoms with Gasteiger partial charge in [-0.25, -0.2) is 4.90 Å². The van der Waals surface area contributed by atoms with Gasteiger partial charge in [0.05, 0.1) is 25.0 Å². The highest BCUT2D eigenvalue weighted by Gasteiger charge is 2.40. The average Bonchev–Trinajstić information content (AvgIpc) is 3.05. The van der Waals surface area contributed by atoms with E-state index in [1.807, 2.05) is 56.3 Å². The predicted octanol–water partition coefficient (Wildman–Crippen LogP) is 4.80. The molecule has 162 valence electrons. The van der Waals surface area contributed by atoms with E-state index >= 15 is 0 Å². The molecule has 0 unspecified atom stereocenters. The van der Waals surface area contributed by atoms with E-state index in [2.05, 4.69) is 5.32 Å². The van der Waals surface area contributed by atoms with Crippen LogP contribution in [0.4, 0.5) is 11.4 Å². The first-order chi connectivity index (χ1) is 15.5. The van der Waals surface area contributed by atoms with Crippen molar-refractivity contribution < 1.29 is 19.1 Å². The smallest absolute Gasteiger partial charge is 0.282 e. The van der Waals surface area contributed by atoms with Crippen LogP contribution in [-0.4, -0.2) is 25.5 Å². The standard InChI is InChI=1S/C26H24N2O4/c1-4-32-21-15-11-19(12-16-21)27-24-23(18-9-13-20(31-3)14-10-18)25(29)28(26(24)30)22-8-6-5-7-17(22)2/h5-16,27H,4H2,1-3H3. The van der Waals surface area contributed by atoms with Crippen LogP contribution < -0.4 is 19.7 Å². The molecule has 0 atom stereocenters. The normalized spacial score (nSPS) is 13.5. The molecule has 1 aliphatic rings. The van der Waals surface area contributed by atoms with E-state index in [0.29, 0.717) is 34.9 Å². The van der Waals surface area contributed by atoms with Gasteiger partial charge in [0.1, 0.15) is 17.2 Å². The van der Waals surface area contributed by atoms with Crippen LogP contribution in [0.15, 0.2) is 78.5 Å². The van der Waals surface area contributed by atoms with Crippen LogP contribution in [0.1, 0.15) is 18.1 Å². The lowest BCUT2D eigenvalue weighted by molar-refractivity contribution is -0.120. The molecule has 2 amide bonds. The minimum Gasteiger partial charge on any atom is -0.497 e. The number of methoxy groups -OCH3 is 1. The number of hydrogen-bond acceptors (Lipinski definition) is 5. The Morgan fingerprint density at radius 2 is 1.50 bits per heavy atom. The summed E-state index contributed by atoms with van der Waals surface area (Å²) in [6.45, 7) is 4.36. The molecule has 1 aliphatic heterocycles. The Hall–Kier alpha value is -4.06. The van der Waals surface area contributed by atoms with Gasteiger partial charge in [0, 0.05) is 5.69 Å². The molecule has 3 aromatic carbocycles. The monoisotopic (exact) mass is 428 g/mol. The fourth-order valence-electron chi connectivity index (χ4n) is 3.65. The fourth-order valence-corrected chi connectivity index (χ4v) is 3.65. The lowest BCUT2D eigenvalue weighted by Crippen LogP contribution is -2.33. The number of para-hydroxylation sites is 1. The van der Waals surface area contributed by atoms with E-state index in [9.17, 15) is 9.59 Å². The molecule has 0 aliphatic carbocycles. The van der Waals surface area contributed by atoms with Crippen molar-refractivity contribution >= 4 is 28.8 Å². The first-order valence-corrected chi connectivity index (χ1v) is 10.4. The molecule has 0 spiro atoms. The van der Waals surface area contributed by atoms with E-state index in [1.54, 1.807) is 37.4 Å². The van der Waals surface area contributed by atoms with Crippen LogP contribution in [0.5, 0.6) is 11.5 Å². The molecule has 1 N–H and O–H groups in total. The van der Waals surface area contributed by atoms with E-state index in [1.165, 1.54) is 4.90 Å². The maximum atomic E-state index is 13.5. The van der Waals surface area contributed by atoms with Gasteiger partial charge in [0.2, 0.25) is 0 Å². The number of benzene rings is 3. The second-order valence-electron chi connectivity index (χ2n) is 7.29. The Bertz CT molecular complexity index is 1180. The molecule has 32 heavy (non-hydrogen) atoms. The van der Waals surface area contributed by atoms with Crippen LogP contribution in [0.3, 0.4) is 0 Å². The molecule has 0 saturated carbocycles. The summed E-state index contributed by atoms with van der Waals surface area (Å²) in [5, 5.41) is 3.17. The number of imide groups is 1. The Morgan fingerprint density at radius 3 is 2.12 bits per heavy atom. The second kappa shape index (κ2) is 8.98. The number of amides is 2. The molecule has 4 rings (SSSR count). The van der Waals surface area contributed by atoms with Crippen LogP contribution in [-0.2, 0) is 9.59 Å². The minimum absolute atomic E-state index is 0.229. The molecule has 0 bridgehead atoms. The molecular weight excluding hydrogens is 404 g/mol. The van der Waals surface area contributed by atoms with Gasteiger partial charge in [0.25, 0.3) is 11.8 Å².